The summed E-state index contributed by atoms with van der Waals surface area (Å²) in [6.07, 6.45) is 1.51. The number of thiazole rings is 1. The topological polar surface area (TPSA) is 114 Å². The molecule has 1 heterocycles. The Labute approximate surface area is 282 Å². The highest BCUT2D eigenvalue weighted by atomic mass is 127. The molecule has 0 saturated heterocycles. The molecule has 4 aromatic carbocycles. The van der Waals surface area contributed by atoms with Crippen molar-refractivity contribution in [3.63, 3.8) is 0 Å². The summed E-state index contributed by atoms with van der Waals surface area (Å²) < 4.78 is 12.0. The van der Waals surface area contributed by atoms with E-state index in [1.165, 1.54) is 24.7 Å². The van der Waals surface area contributed by atoms with E-state index in [1.54, 1.807) is 18.2 Å². The van der Waals surface area contributed by atoms with Crippen molar-refractivity contribution in [3.05, 3.63) is 116 Å². The molecular formula is C33H27ClIN5O4S. The molecule has 12 heteroatoms. The van der Waals surface area contributed by atoms with Crippen molar-refractivity contribution < 1.29 is 19.1 Å². The van der Waals surface area contributed by atoms with Crippen molar-refractivity contribution >= 4 is 80.1 Å². The number of rotatable bonds is 11. The van der Waals surface area contributed by atoms with E-state index in [0.717, 1.165) is 33.3 Å². The molecule has 0 aliphatic rings. The SMILES string of the molecule is COc1cc(/C=N\NC(=O)c2ccc(-c3csc(Nc4ccc(Cl)cc4)n3)cc2)cc(I)c1OCC(=O)Nc1ccccc1C. The number of para-hydroxylation sites is 1. The number of hydrogen-bond acceptors (Lipinski definition) is 8. The summed E-state index contributed by atoms with van der Waals surface area (Å²) in [5.41, 5.74) is 7.94. The summed E-state index contributed by atoms with van der Waals surface area (Å²) in [5, 5.41) is 13.6. The number of benzene rings is 4. The molecule has 5 aromatic rings. The fourth-order valence-corrected chi connectivity index (χ4v) is 5.78. The third-order valence-electron chi connectivity index (χ3n) is 6.44. The Kier molecular flexibility index (Phi) is 10.7. The number of hydrazone groups is 1. The van der Waals surface area contributed by atoms with Crippen LogP contribution in [-0.4, -0.2) is 36.7 Å². The lowest BCUT2D eigenvalue weighted by molar-refractivity contribution is -0.118. The molecule has 0 fully saturated rings. The number of nitrogens with one attached hydrogen (secondary N) is 3. The van der Waals surface area contributed by atoms with Gasteiger partial charge in [-0.3, -0.25) is 9.59 Å². The molecule has 0 atom stereocenters. The molecule has 1 aromatic heterocycles. The van der Waals surface area contributed by atoms with Crippen LogP contribution in [0.4, 0.5) is 16.5 Å². The molecule has 2 amide bonds. The van der Waals surface area contributed by atoms with Gasteiger partial charge < -0.3 is 20.1 Å². The second kappa shape index (κ2) is 15.0. The van der Waals surface area contributed by atoms with E-state index in [4.69, 9.17) is 21.1 Å². The van der Waals surface area contributed by atoms with Gasteiger partial charge in [-0.2, -0.15) is 5.10 Å². The predicted molar refractivity (Wildman–Crippen MR) is 188 cm³/mol. The van der Waals surface area contributed by atoms with E-state index in [0.29, 0.717) is 31.2 Å². The maximum absolute atomic E-state index is 12.7. The van der Waals surface area contributed by atoms with E-state index < -0.39 is 0 Å². The normalized spacial score (nSPS) is 10.8. The van der Waals surface area contributed by atoms with Crippen LogP contribution < -0.4 is 25.5 Å². The summed E-state index contributed by atoms with van der Waals surface area (Å²) in [4.78, 5) is 29.8. The maximum Gasteiger partial charge on any atom is 0.271 e. The first-order valence-electron chi connectivity index (χ1n) is 13.6. The molecule has 228 valence electrons. The quantitative estimate of drug-likeness (QED) is 0.0719. The van der Waals surface area contributed by atoms with E-state index in [2.05, 4.69) is 48.7 Å². The minimum absolute atomic E-state index is 0.188. The first-order chi connectivity index (χ1) is 21.8. The molecule has 3 N–H and O–H groups in total. The fraction of sp³-hybridized carbons (Fsp3) is 0.0909. The van der Waals surface area contributed by atoms with Crippen molar-refractivity contribution in [2.75, 3.05) is 24.4 Å². The third-order valence-corrected chi connectivity index (χ3v) is 8.25. The van der Waals surface area contributed by atoms with Gasteiger partial charge in [0.05, 0.1) is 22.6 Å². The fourth-order valence-electron chi connectivity index (χ4n) is 4.13. The van der Waals surface area contributed by atoms with E-state index >= 15 is 0 Å². The van der Waals surface area contributed by atoms with Crippen LogP contribution >= 0.6 is 45.5 Å². The summed E-state index contributed by atoms with van der Waals surface area (Å²) >= 11 is 9.54. The van der Waals surface area contributed by atoms with Crippen LogP contribution in [-0.2, 0) is 4.79 Å². The van der Waals surface area contributed by atoms with Gasteiger partial charge in [0.2, 0.25) is 0 Å². The average Bonchev–Trinajstić information content (AvgIpc) is 3.51. The lowest BCUT2D eigenvalue weighted by Gasteiger charge is -2.14. The zero-order valence-corrected chi connectivity index (χ0v) is 27.9. The predicted octanol–water partition coefficient (Wildman–Crippen LogP) is 7.91. The molecule has 0 bridgehead atoms. The van der Waals surface area contributed by atoms with E-state index in [-0.39, 0.29) is 18.4 Å². The highest BCUT2D eigenvalue weighted by Gasteiger charge is 2.14. The van der Waals surface area contributed by atoms with Gasteiger partial charge in [-0.15, -0.1) is 11.3 Å². The van der Waals surface area contributed by atoms with Crippen LogP contribution in [0.25, 0.3) is 11.3 Å². The van der Waals surface area contributed by atoms with Gasteiger partial charge in [0.25, 0.3) is 11.8 Å². The molecule has 0 spiro atoms. The van der Waals surface area contributed by atoms with E-state index in [1.807, 2.05) is 79.0 Å². The number of hydrogen-bond donors (Lipinski definition) is 3. The monoisotopic (exact) mass is 751 g/mol. The second-order valence-electron chi connectivity index (χ2n) is 9.63. The van der Waals surface area contributed by atoms with Crippen LogP contribution in [0.15, 0.2) is 95.4 Å². The highest BCUT2D eigenvalue weighted by molar-refractivity contribution is 14.1. The van der Waals surface area contributed by atoms with Crippen LogP contribution in [0.3, 0.4) is 0 Å². The van der Waals surface area contributed by atoms with Gasteiger partial charge in [-0.1, -0.05) is 41.9 Å². The Morgan fingerprint density at radius 3 is 2.53 bits per heavy atom. The standard InChI is InChI=1S/C33H27ClIN5O4S/c1-20-5-3-4-6-27(20)38-30(41)18-44-31-26(35)15-21(16-29(31)43-2)17-36-40-32(42)23-9-7-22(8-10-23)28-19-45-33(39-28)37-25-13-11-24(34)12-14-25/h3-17,19H,18H2,1-2H3,(H,37,39)(H,38,41)(H,40,42)/b36-17-. The number of amides is 2. The van der Waals surface area contributed by atoms with Crippen molar-refractivity contribution in [2.24, 2.45) is 5.10 Å². The molecule has 5 rings (SSSR count). The molecule has 0 saturated carbocycles. The lowest BCUT2D eigenvalue weighted by Crippen LogP contribution is -2.21. The number of ether oxygens (including phenoxy) is 2. The number of methoxy groups -OCH3 is 1. The van der Waals surface area contributed by atoms with E-state index in [9.17, 15) is 9.59 Å². The summed E-state index contributed by atoms with van der Waals surface area (Å²) in [7, 11) is 1.51. The van der Waals surface area contributed by atoms with Crippen LogP contribution in [0.5, 0.6) is 11.5 Å². The van der Waals surface area contributed by atoms with Crippen LogP contribution in [0, 0.1) is 10.5 Å². The summed E-state index contributed by atoms with van der Waals surface area (Å²) in [6.45, 7) is 1.73. The van der Waals surface area contributed by atoms with Crippen molar-refractivity contribution in [1.29, 1.82) is 0 Å². The average molecular weight is 752 g/mol. The molecule has 0 unspecified atom stereocenters. The Balaban J connectivity index is 1.16. The molecule has 0 radical (unpaired) electrons. The molecule has 0 aliphatic heterocycles. The number of aryl methyl sites for hydroxylation is 1. The van der Waals surface area contributed by atoms with Gasteiger partial charge in [0.15, 0.2) is 23.2 Å². The van der Waals surface area contributed by atoms with Gasteiger partial charge in [-0.05, 0) is 95.2 Å². The third kappa shape index (κ3) is 8.59. The van der Waals surface area contributed by atoms with Crippen molar-refractivity contribution in [3.8, 4) is 22.8 Å². The molecule has 0 aliphatic carbocycles. The van der Waals surface area contributed by atoms with Gasteiger partial charge in [0.1, 0.15) is 0 Å². The smallest absolute Gasteiger partial charge is 0.271 e. The summed E-state index contributed by atoms with van der Waals surface area (Å²) in [5.74, 6) is 0.225. The number of carbonyl (C=O) groups is 2. The highest BCUT2D eigenvalue weighted by Crippen LogP contribution is 2.34. The largest absolute Gasteiger partial charge is 0.493 e. The van der Waals surface area contributed by atoms with Crippen LogP contribution in [0.2, 0.25) is 5.02 Å². The van der Waals surface area contributed by atoms with Gasteiger partial charge in [0, 0.05) is 32.9 Å². The Bertz CT molecular complexity index is 1850. The van der Waals surface area contributed by atoms with Crippen molar-refractivity contribution in [1.82, 2.24) is 10.4 Å². The summed E-state index contributed by atoms with van der Waals surface area (Å²) in [6, 6.07) is 25.6. The number of halogens is 2. The first kappa shape index (κ1) is 31.9. The Hall–Kier alpha value is -4.46. The Morgan fingerprint density at radius 2 is 1.80 bits per heavy atom. The molecule has 9 nitrogen and oxygen atoms in total. The second-order valence-corrected chi connectivity index (χ2v) is 12.1. The maximum atomic E-state index is 12.7. The number of aromatic nitrogens is 1. The lowest BCUT2D eigenvalue weighted by atomic mass is 10.1. The van der Waals surface area contributed by atoms with Gasteiger partial charge in [-0.25, -0.2) is 10.4 Å². The zero-order chi connectivity index (χ0) is 31.8. The van der Waals surface area contributed by atoms with Gasteiger partial charge >= 0.3 is 0 Å². The number of nitrogens with zero attached hydrogens (tertiary/aromatic N) is 2. The Morgan fingerprint density at radius 1 is 1.04 bits per heavy atom. The zero-order valence-electron chi connectivity index (χ0n) is 24.1. The minimum Gasteiger partial charge on any atom is -0.493 e. The minimum atomic E-state index is -0.359. The molecule has 45 heavy (non-hydrogen) atoms. The molecular weight excluding hydrogens is 725 g/mol. The number of anilines is 3. The van der Waals surface area contributed by atoms with Crippen molar-refractivity contribution in [2.45, 2.75) is 6.92 Å². The first-order valence-corrected chi connectivity index (χ1v) is 15.9. The number of carbonyl (C=O) groups excluding carboxylic acids is 2. The van der Waals surface area contributed by atoms with Crippen LogP contribution in [0.1, 0.15) is 21.5 Å².